The van der Waals surface area contributed by atoms with Gasteiger partial charge in [0.25, 0.3) is 0 Å². The van der Waals surface area contributed by atoms with Crippen molar-refractivity contribution in [2.45, 2.75) is 11.8 Å². The van der Waals surface area contributed by atoms with Gasteiger partial charge in [-0.05, 0) is 36.4 Å². The average molecular weight is 501 g/mol. The van der Waals surface area contributed by atoms with E-state index in [2.05, 4.69) is 36.0 Å². The first-order chi connectivity index (χ1) is 13.9. The van der Waals surface area contributed by atoms with E-state index in [0.717, 1.165) is 15.7 Å². The summed E-state index contributed by atoms with van der Waals surface area (Å²) in [6, 6.07) is 13.5. The first-order valence-corrected chi connectivity index (χ1v) is 10.3. The van der Waals surface area contributed by atoms with Crippen LogP contribution in [0.4, 0.5) is 14.5 Å². The fourth-order valence-corrected chi connectivity index (χ4v) is 3.41. The molecule has 1 N–H and O–H groups in total. The molecule has 3 rings (SSSR count). The van der Waals surface area contributed by atoms with Crippen LogP contribution in [0.1, 0.15) is 0 Å². The predicted molar refractivity (Wildman–Crippen MR) is 113 cm³/mol. The summed E-state index contributed by atoms with van der Waals surface area (Å²) >= 11 is 10.4. The highest BCUT2D eigenvalue weighted by Gasteiger charge is 2.11. The topological polar surface area (TPSA) is 64.1 Å². The fraction of sp³-hybridized carbons (Fsp3) is 0.105. The smallest absolute Gasteiger partial charge is 0.387 e. The summed E-state index contributed by atoms with van der Waals surface area (Å²) in [5.41, 5.74) is 2.05. The van der Waals surface area contributed by atoms with Crippen molar-refractivity contribution < 1.29 is 18.3 Å². The third-order valence-corrected chi connectivity index (χ3v) is 5.22. The Bertz CT molecular complexity index is 1010. The number of amides is 1. The number of carbonyl (C=O) groups excluding carboxylic acids is 1. The molecule has 10 heteroatoms. The number of thioether (sulfide) groups is 1. The van der Waals surface area contributed by atoms with E-state index in [1.54, 1.807) is 12.3 Å². The van der Waals surface area contributed by atoms with E-state index in [0.29, 0.717) is 10.8 Å². The summed E-state index contributed by atoms with van der Waals surface area (Å²) in [5, 5.41) is 3.07. The lowest BCUT2D eigenvalue weighted by Gasteiger charge is -2.09. The second-order valence-electron chi connectivity index (χ2n) is 5.59. The number of hydrogen-bond donors (Lipinski definition) is 1. The maximum Gasteiger partial charge on any atom is 0.387 e. The van der Waals surface area contributed by atoms with Gasteiger partial charge in [-0.25, -0.2) is 9.97 Å². The van der Waals surface area contributed by atoms with Crippen LogP contribution in [0.15, 0.2) is 64.4 Å². The van der Waals surface area contributed by atoms with Crippen molar-refractivity contribution in [2.75, 3.05) is 11.1 Å². The molecule has 0 saturated carbocycles. The van der Waals surface area contributed by atoms with Crippen LogP contribution in [0.3, 0.4) is 0 Å². The summed E-state index contributed by atoms with van der Waals surface area (Å²) < 4.78 is 29.8. The van der Waals surface area contributed by atoms with Crippen molar-refractivity contribution in [2.24, 2.45) is 0 Å². The average Bonchev–Trinajstić information content (AvgIpc) is 2.69. The minimum Gasteiger partial charge on any atom is -0.433 e. The second-order valence-corrected chi connectivity index (χ2v) is 7.86. The van der Waals surface area contributed by atoms with Crippen molar-refractivity contribution in [3.63, 3.8) is 0 Å². The van der Waals surface area contributed by atoms with Gasteiger partial charge in [-0.3, -0.25) is 4.79 Å². The number of alkyl halides is 2. The molecule has 0 fully saturated rings. The fourth-order valence-electron chi connectivity index (χ4n) is 2.29. The number of hydrogen-bond acceptors (Lipinski definition) is 5. The molecule has 0 radical (unpaired) electrons. The first kappa shape index (κ1) is 21.5. The molecule has 1 heterocycles. The molecule has 0 atom stereocenters. The molecule has 0 unspecified atom stereocenters. The standard InChI is InChI=1S/C19H13BrClF2N3O2S/c20-12-3-1-11(2-4-12)15-7-8-24-19(26-15)29-10-17(27)25-13-5-6-16(14(21)9-13)28-18(22)23/h1-9,18H,10H2,(H,25,27). The molecule has 29 heavy (non-hydrogen) atoms. The Balaban J connectivity index is 1.59. The molecule has 1 aromatic heterocycles. The number of anilines is 1. The number of aromatic nitrogens is 2. The van der Waals surface area contributed by atoms with E-state index >= 15 is 0 Å². The summed E-state index contributed by atoms with van der Waals surface area (Å²) in [4.78, 5) is 20.8. The minimum atomic E-state index is -2.97. The molecule has 0 bridgehead atoms. The van der Waals surface area contributed by atoms with Crippen LogP contribution < -0.4 is 10.1 Å². The zero-order chi connectivity index (χ0) is 20.8. The van der Waals surface area contributed by atoms with Gasteiger partial charge < -0.3 is 10.1 Å². The van der Waals surface area contributed by atoms with Gasteiger partial charge in [-0.15, -0.1) is 0 Å². The van der Waals surface area contributed by atoms with E-state index in [9.17, 15) is 13.6 Å². The molecule has 1 amide bonds. The van der Waals surface area contributed by atoms with Gasteiger partial charge in [0.05, 0.1) is 16.5 Å². The maximum absolute atomic E-state index is 12.3. The van der Waals surface area contributed by atoms with Crippen molar-refractivity contribution in [3.8, 4) is 17.0 Å². The van der Waals surface area contributed by atoms with E-state index < -0.39 is 6.61 Å². The van der Waals surface area contributed by atoms with Crippen LogP contribution in [0.25, 0.3) is 11.3 Å². The monoisotopic (exact) mass is 499 g/mol. The molecule has 0 saturated heterocycles. The third kappa shape index (κ3) is 6.38. The Morgan fingerprint density at radius 2 is 1.97 bits per heavy atom. The van der Waals surface area contributed by atoms with E-state index in [1.807, 2.05) is 24.3 Å². The van der Waals surface area contributed by atoms with Gasteiger partial charge in [-0.1, -0.05) is 51.4 Å². The third-order valence-electron chi connectivity index (χ3n) is 3.54. The number of rotatable bonds is 7. The molecule has 2 aromatic carbocycles. The molecule has 0 spiro atoms. The largest absolute Gasteiger partial charge is 0.433 e. The van der Waals surface area contributed by atoms with Crippen LogP contribution in [0.2, 0.25) is 5.02 Å². The van der Waals surface area contributed by atoms with Crippen molar-refractivity contribution in [1.29, 1.82) is 0 Å². The Hall–Kier alpha value is -2.23. The number of nitrogens with zero attached hydrogens (tertiary/aromatic N) is 2. The van der Waals surface area contributed by atoms with Crippen molar-refractivity contribution in [1.82, 2.24) is 9.97 Å². The number of halogens is 4. The highest BCUT2D eigenvalue weighted by Crippen LogP contribution is 2.29. The highest BCUT2D eigenvalue weighted by molar-refractivity contribution is 9.10. The summed E-state index contributed by atoms with van der Waals surface area (Å²) in [6.45, 7) is -2.97. The molecule has 150 valence electrons. The summed E-state index contributed by atoms with van der Waals surface area (Å²) in [7, 11) is 0. The molecule has 0 aliphatic heterocycles. The van der Waals surface area contributed by atoms with Gasteiger partial charge in [-0.2, -0.15) is 8.78 Å². The van der Waals surface area contributed by atoms with Crippen LogP contribution in [0.5, 0.6) is 5.75 Å². The molecule has 0 aliphatic rings. The van der Waals surface area contributed by atoms with Gasteiger partial charge in [0.15, 0.2) is 5.16 Å². The number of nitrogens with one attached hydrogen (secondary N) is 1. The van der Waals surface area contributed by atoms with Crippen molar-refractivity contribution in [3.05, 3.63) is 64.2 Å². The van der Waals surface area contributed by atoms with E-state index in [4.69, 9.17) is 11.6 Å². The Kier molecular flexibility index (Phi) is 7.40. The lowest BCUT2D eigenvalue weighted by atomic mass is 10.1. The normalized spacial score (nSPS) is 10.8. The first-order valence-electron chi connectivity index (χ1n) is 8.17. The van der Waals surface area contributed by atoms with Crippen LogP contribution in [0, 0.1) is 0 Å². The molecular weight excluding hydrogens is 488 g/mol. The van der Waals surface area contributed by atoms with Gasteiger partial charge in [0.2, 0.25) is 5.91 Å². The van der Waals surface area contributed by atoms with Crippen molar-refractivity contribution >= 4 is 50.9 Å². The molecular formula is C19H13BrClF2N3O2S. The Morgan fingerprint density at radius 1 is 1.21 bits per heavy atom. The zero-order valence-electron chi connectivity index (χ0n) is 14.6. The van der Waals surface area contributed by atoms with E-state index in [1.165, 1.54) is 30.0 Å². The minimum absolute atomic E-state index is 0.0266. The Morgan fingerprint density at radius 3 is 2.66 bits per heavy atom. The van der Waals surface area contributed by atoms with Gasteiger partial charge >= 0.3 is 6.61 Å². The highest BCUT2D eigenvalue weighted by atomic mass is 79.9. The second kappa shape index (κ2) is 10.00. The SMILES string of the molecule is O=C(CSc1nccc(-c2ccc(Br)cc2)n1)Nc1ccc(OC(F)F)c(Cl)c1. The van der Waals surface area contributed by atoms with Gasteiger partial charge in [0.1, 0.15) is 5.75 Å². The lowest BCUT2D eigenvalue weighted by molar-refractivity contribution is -0.113. The zero-order valence-corrected chi connectivity index (χ0v) is 17.8. The van der Waals surface area contributed by atoms with Gasteiger partial charge in [0, 0.05) is 21.9 Å². The van der Waals surface area contributed by atoms with Crippen LogP contribution in [-0.2, 0) is 4.79 Å². The molecule has 5 nitrogen and oxygen atoms in total. The quantitative estimate of drug-likeness (QED) is 0.324. The maximum atomic E-state index is 12.3. The molecule has 0 aliphatic carbocycles. The van der Waals surface area contributed by atoms with Crippen LogP contribution >= 0.6 is 39.3 Å². The Labute approximate surface area is 183 Å². The lowest BCUT2D eigenvalue weighted by Crippen LogP contribution is -2.14. The number of ether oxygens (including phenoxy) is 1. The van der Waals surface area contributed by atoms with E-state index in [-0.39, 0.29) is 22.4 Å². The predicted octanol–water partition coefficient (Wildman–Crippen LogP) is 5.89. The molecule has 3 aromatic rings. The number of benzene rings is 2. The van der Waals surface area contributed by atoms with Crippen LogP contribution in [-0.4, -0.2) is 28.2 Å². The summed E-state index contributed by atoms with van der Waals surface area (Å²) in [5.74, 6) is -0.408. The summed E-state index contributed by atoms with van der Waals surface area (Å²) in [6.07, 6.45) is 1.63. The number of carbonyl (C=O) groups is 1.